The molecule has 152 valence electrons. The molecule has 0 spiro atoms. The van der Waals surface area contributed by atoms with Gasteiger partial charge in [-0.15, -0.1) is 0 Å². The molecule has 1 saturated carbocycles. The summed E-state index contributed by atoms with van der Waals surface area (Å²) in [4.78, 5) is 6.84. The zero-order valence-electron chi connectivity index (χ0n) is 17.3. The van der Waals surface area contributed by atoms with Gasteiger partial charge >= 0.3 is 0 Å². The van der Waals surface area contributed by atoms with Crippen LogP contribution in [0.15, 0.2) is 29.3 Å². The Morgan fingerprint density at radius 1 is 1.15 bits per heavy atom. The summed E-state index contributed by atoms with van der Waals surface area (Å²) in [5.74, 6) is 2.26. The molecule has 0 radical (unpaired) electrons. The molecule has 2 rings (SSSR count). The minimum atomic E-state index is 0.487. The van der Waals surface area contributed by atoms with E-state index in [4.69, 9.17) is 9.47 Å². The number of methoxy groups -OCH3 is 2. The van der Waals surface area contributed by atoms with Gasteiger partial charge in [0.1, 0.15) is 5.75 Å². The quantitative estimate of drug-likeness (QED) is 0.434. The van der Waals surface area contributed by atoms with Crippen molar-refractivity contribution in [2.24, 2.45) is 4.99 Å². The Kier molecular flexibility index (Phi) is 9.42. The third-order valence-electron chi connectivity index (χ3n) is 5.12. The van der Waals surface area contributed by atoms with Crippen LogP contribution in [0.1, 0.15) is 37.7 Å². The lowest BCUT2D eigenvalue weighted by molar-refractivity contribution is 0.144. The van der Waals surface area contributed by atoms with Gasteiger partial charge in [0.15, 0.2) is 5.96 Å². The third kappa shape index (κ3) is 7.77. The predicted molar refractivity (Wildman–Crippen MR) is 112 cm³/mol. The maximum Gasteiger partial charge on any atom is 0.191 e. The molecule has 0 amide bonds. The summed E-state index contributed by atoms with van der Waals surface area (Å²) in [6.07, 6.45) is 3.69. The van der Waals surface area contributed by atoms with Gasteiger partial charge in [0.2, 0.25) is 0 Å². The van der Waals surface area contributed by atoms with E-state index in [-0.39, 0.29) is 0 Å². The highest BCUT2D eigenvalue weighted by Crippen LogP contribution is 2.26. The van der Waals surface area contributed by atoms with E-state index in [0.717, 1.165) is 57.0 Å². The summed E-state index contributed by atoms with van der Waals surface area (Å²) >= 11 is 0. The monoisotopic (exact) mass is 376 g/mol. The lowest BCUT2D eigenvalue weighted by atomic mass is 9.98. The molecule has 1 aliphatic carbocycles. The van der Waals surface area contributed by atoms with Crippen molar-refractivity contribution in [2.75, 3.05) is 54.1 Å². The minimum Gasteiger partial charge on any atom is -0.497 e. The number of hydrogen-bond acceptors (Lipinski definition) is 4. The van der Waals surface area contributed by atoms with Crippen molar-refractivity contribution in [1.82, 2.24) is 15.5 Å². The molecular formula is C21H36N4O2. The summed E-state index contributed by atoms with van der Waals surface area (Å²) < 4.78 is 10.4. The average Bonchev–Trinajstić information content (AvgIpc) is 3.54. The van der Waals surface area contributed by atoms with Gasteiger partial charge in [-0.1, -0.05) is 19.1 Å². The van der Waals surface area contributed by atoms with Crippen LogP contribution < -0.4 is 15.4 Å². The lowest BCUT2D eigenvalue weighted by Gasteiger charge is -2.22. The highest BCUT2D eigenvalue weighted by Gasteiger charge is 2.28. The Bertz CT molecular complexity index is 558. The Hall–Kier alpha value is -1.79. The van der Waals surface area contributed by atoms with Gasteiger partial charge in [-0.2, -0.15) is 0 Å². The van der Waals surface area contributed by atoms with Crippen LogP contribution in [0.2, 0.25) is 0 Å². The first-order valence-corrected chi connectivity index (χ1v) is 9.99. The van der Waals surface area contributed by atoms with Crippen LogP contribution in [0.25, 0.3) is 0 Å². The Labute approximate surface area is 164 Å². The fourth-order valence-electron chi connectivity index (χ4n) is 3.17. The molecule has 6 heteroatoms. The van der Waals surface area contributed by atoms with E-state index < -0.39 is 0 Å². The van der Waals surface area contributed by atoms with Crippen LogP contribution in [-0.2, 0) is 4.74 Å². The van der Waals surface area contributed by atoms with Gasteiger partial charge in [-0.25, -0.2) is 0 Å². The summed E-state index contributed by atoms with van der Waals surface area (Å²) in [5, 5.41) is 6.85. The first-order valence-electron chi connectivity index (χ1n) is 9.99. The molecule has 0 heterocycles. The predicted octanol–water partition coefficient (Wildman–Crippen LogP) is 2.46. The highest BCUT2D eigenvalue weighted by atomic mass is 16.5. The van der Waals surface area contributed by atoms with Crippen LogP contribution in [0.3, 0.4) is 0 Å². The second-order valence-electron chi connectivity index (χ2n) is 7.15. The molecule has 1 aromatic carbocycles. The molecule has 1 aromatic rings. The Balaban J connectivity index is 1.65. The second-order valence-corrected chi connectivity index (χ2v) is 7.15. The van der Waals surface area contributed by atoms with Crippen molar-refractivity contribution in [3.63, 3.8) is 0 Å². The van der Waals surface area contributed by atoms with Crippen LogP contribution in [0.4, 0.5) is 0 Å². The highest BCUT2D eigenvalue weighted by molar-refractivity contribution is 5.79. The number of nitrogens with one attached hydrogen (secondary N) is 2. The molecule has 1 unspecified atom stereocenters. The van der Waals surface area contributed by atoms with Crippen molar-refractivity contribution >= 4 is 5.96 Å². The number of nitrogens with zero attached hydrogens (tertiary/aromatic N) is 2. The summed E-state index contributed by atoms with van der Waals surface area (Å²) in [5.41, 5.74) is 1.33. The number of guanidine groups is 1. The molecule has 6 nitrogen and oxygen atoms in total. The van der Waals surface area contributed by atoms with Gasteiger partial charge < -0.3 is 20.1 Å². The van der Waals surface area contributed by atoms with Crippen LogP contribution >= 0.6 is 0 Å². The second kappa shape index (κ2) is 11.8. The smallest absolute Gasteiger partial charge is 0.191 e. The average molecular weight is 377 g/mol. The van der Waals surface area contributed by atoms with Crippen LogP contribution in [0, 0.1) is 0 Å². The molecule has 0 aliphatic heterocycles. The lowest BCUT2D eigenvalue weighted by Crippen LogP contribution is -2.43. The Morgan fingerprint density at radius 2 is 1.85 bits per heavy atom. The third-order valence-corrected chi connectivity index (χ3v) is 5.12. The van der Waals surface area contributed by atoms with Gasteiger partial charge in [0.05, 0.1) is 13.7 Å². The Morgan fingerprint density at radius 3 is 2.44 bits per heavy atom. The molecule has 0 saturated heterocycles. The van der Waals surface area contributed by atoms with E-state index in [0.29, 0.717) is 5.92 Å². The molecule has 2 N–H and O–H groups in total. The summed E-state index contributed by atoms with van der Waals surface area (Å²) in [6, 6.07) is 9.08. The fraction of sp³-hybridized carbons (Fsp3) is 0.667. The number of benzene rings is 1. The molecule has 1 aliphatic rings. The normalized spacial score (nSPS) is 15.7. The van der Waals surface area contributed by atoms with Gasteiger partial charge in [-0.3, -0.25) is 9.89 Å². The molecular weight excluding hydrogens is 340 g/mol. The summed E-state index contributed by atoms with van der Waals surface area (Å²) in [6.45, 7) is 6.87. The molecule has 1 atom stereocenters. The topological polar surface area (TPSA) is 58.1 Å². The molecule has 1 fully saturated rings. The van der Waals surface area contributed by atoms with Gasteiger partial charge in [0, 0.05) is 46.4 Å². The minimum absolute atomic E-state index is 0.487. The standard InChI is InChI=1S/C21H36N4O2/c1-17(18-5-9-20(27-4)10-6-18)11-12-23-21(22-2)24-13-14-25(15-16-26-3)19-7-8-19/h5-6,9-10,17,19H,7-8,11-16H2,1-4H3,(H2,22,23,24). The first-order chi connectivity index (χ1) is 13.2. The van der Waals surface area contributed by atoms with Gasteiger partial charge in [-0.05, 0) is 42.9 Å². The van der Waals surface area contributed by atoms with Crippen LogP contribution in [0.5, 0.6) is 5.75 Å². The van der Waals surface area contributed by atoms with E-state index in [1.807, 2.05) is 19.2 Å². The van der Waals surface area contributed by atoms with Crippen molar-refractivity contribution in [3.8, 4) is 5.75 Å². The van der Waals surface area contributed by atoms with Crippen molar-refractivity contribution in [1.29, 1.82) is 0 Å². The number of aliphatic imine (C=N–C) groups is 1. The maximum atomic E-state index is 5.22. The van der Waals surface area contributed by atoms with E-state index >= 15 is 0 Å². The number of hydrogen-bond donors (Lipinski definition) is 2. The maximum absolute atomic E-state index is 5.22. The van der Waals surface area contributed by atoms with Crippen molar-refractivity contribution < 1.29 is 9.47 Å². The summed E-state index contributed by atoms with van der Waals surface area (Å²) in [7, 11) is 5.29. The van der Waals surface area contributed by atoms with E-state index in [9.17, 15) is 0 Å². The van der Waals surface area contributed by atoms with Crippen LogP contribution in [-0.4, -0.2) is 71.0 Å². The zero-order valence-corrected chi connectivity index (χ0v) is 17.3. The molecule has 0 aromatic heterocycles. The zero-order chi connectivity index (χ0) is 19.5. The van der Waals surface area contributed by atoms with Gasteiger partial charge in [0.25, 0.3) is 0 Å². The molecule has 0 bridgehead atoms. The van der Waals surface area contributed by atoms with E-state index in [1.165, 1.54) is 18.4 Å². The first kappa shape index (κ1) is 21.5. The van der Waals surface area contributed by atoms with E-state index in [2.05, 4.69) is 39.6 Å². The largest absolute Gasteiger partial charge is 0.497 e. The molecule has 27 heavy (non-hydrogen) atoms. The number of rotatable bonds is 12. The van der Waals surface area contributed by atoms with Crippen molar-refractivity contribution in [2.45, 2.75) is 38.1 Å². The van der Waals surface area contributed by atoms with E-state index in [1.54, 1.807) is 14.2 Å². The fourth-order valence-corrected chi connectivity index (χ4v) is 3.17. The SMILES string of the molecule is CN=C(NCCC(C)c1ccc(OC)cc1)NCCN(CCOC)C1CC1. The number of ether oxygens (including phenoxy) is 2. The van der Waals surface area contributed by atoms with Crippen molar-refractivity contribution in [3.05, 3.63) is 29.8 Å².